The van der Waals surface area contributed by atoms with Gasteiger partial charge in [-0.3, -0.25) is 9.59 Å². The van der Waals surface area contributed by atoms with Crippen LogP contribution in [0.25, 0.3) is 11.1 Å². The summed E-state index contributed by atoms with van der Waals surface area (Å²) >= 11 is 0. The van der Waals surface area contributed by atoms with Gasteiger partial charge in [-0.05, 0) is 42.7 Å². The maximum absolute atomic E-state index is 13.0. The molecule has 2 heterocycles. The molecule has 2 aromatic carbocycles. The summed E-state index contributed by atoms with van der Waals surface area (Å²) in [6, 6.07) is 16.6. The topological polar surface area (TPSA) is 92.4 Å². The first-order valence-corrected chi connectivity index (χ1v) is 10.7. The van der Waals surface area contributed by atoms with Crippen LogP contribution in [0.1, 0.15) is 45.2 Å². The van der Waals surface area contributed by atoms with E-state index in [-0.39, 0.29) is 11.8 Å². The predicted octanol–water partition coefficient (Wildman–Crippen LogP) is 3.33. The van der Waals surface area contributed by atoms with Crippen molar-refractivity contribution in [2.75, 3.05) is 32.1 Å². The molecule has 7 heteroatoms. The number of rotatable bonds is 5. The summed E-state index contributed by atoms with van der Waals surface area (Å²) in [6.45, 7) is 1.34. The number of primary amides is 1. The Balaban J connectivity index is 1.68. The van der Waals surface area contributed by atoms with Crippen LogP contribution < -0.4 is 10.6 Å². The SMILES string of the molecule is CN(C)c1ncc(-c2ccc(C(N)=O)cc2)c([C@@H]2CCCN(C(=O)c3ccccc3)C2)n1. The lowest BCUT2D eigenvalue weighted by atomic mass is 9.89. The standard InChI is InChI=1S/C25H27N5O2/c1-29(2)25-27-15-21(17-10-12-18(13-11-17)23(26)31)22(28-25)20-9-6-14-30(16-20)24(32)19-7-4-3-5-8-19/h3-5,7-8,10-13,15,20H,6,9,14,16H2,1-2H3,(H2,26,31)/t20-/m1/s1. The molecule has 1 fully saturated rings. The Morgan fingerprint density at radius 2 is 1.75 bits per heavy atom. The van der Waals surface area contributed by atoms with Crippen LogP contribution in [-0.2, 0) is 0 Å². The van der Waals surface area contributed by atoms with Crippen LogP contribution >= 0.6 is 0 Å². The highest BCUT2D eigenvalue weighted by Gasteiger charge is 2.29. The molecule has 0 aliphatic carbocycles. The van der Waals surface area contributed by atoms with E-state index in [1.165, 1.54) is 0 Å². The van der Waals surface area contributed by atoms with Crippen molar-refractivity contribution in [2.45, 2.75) is 18.8 Å². The van der Waals surface area contributed by atoms with E-state index in [4.69, 9.17) is 10.7 Å². The Labute approximate surface area is 187 Å². The molecule has 32 heavy (non-hydrogen) atoms. The van der Waals surface area contributed by atoms with Crippen LogP contribution in [0.15, 0.2) is 60.8 Å². The molecule has 1 aliphatic rings. The number of aromatic nitrogens is 2. The van der Waals surface area contributed by atoms with E-state index in [9.17, 15) is 9.59 Å². The van der Waals surface area contributed by atoms with Crippen molar-refractivity contribution in [1.82, 2.24) is 14.9 Å². The highest BCUT2D eigenvalue weighted by Crippen LogP contribution is 2.34. The fraction of sp³-hybridized carbons (Fsp3) is 0.280. The monoisotopic (exact) mass is 429 g/mol. The molecule has 1 aliphatic heterocycles. The van der Waals surface area contributed by atoms with Crippen LogP contribution in [0.3, 0.4) is 0 Å². The molecule has 3 aromatic rings. The minimum atomic E-state index is -0.460. The fourth-order valence-corrected chi connectivity index (χ4v) is 4.10. The van der Waals surface area contributed by atoms with E-state index >= 15 is 0 Å². The first-order valence-electron chi connectivity index (χ1n) is 10.7. The van der Waals surface area contributed by atoms with Crippen molar-refractivity contribution in [3.8, 4) is 11.1 Å². The molecule has 2 N–H and O–H groups in total. The maximum Gasteiger partial charge on any atom is 0.253 e. The summed E-state index contributed by atoms with van der Waals surface area (Å²) in [5, 5.41) is 0. The smallest absolute Gasteiger partial charge is 0.253 e. The number of benzene rings is 2. The number of hydrogen-bond acceptors (Lipinski definition) is 5. The van der Waals surface area contributed by atoms with Crippen molar-refractivity contribution in [2.24, 2.45) is 5.73 Å². The molecule has 0 spiro atoms. The Hall–Kier alpha value is -3.74. The summed E-state index contributed by atoms with van der Waals surface area (Å²) in [5.74, 6) is 0.302. The zero-order valence-electron chi connectivity index (χ0n) is 18.4. The van der Waals surface area contributed by atoms with E-state index in [1.807, 2.05) is 72.6 Å². The molecule has 0 unspecified atom stereocenters. The molecule has 1 atom stereocenters. The lowest BCUT2D eigenvalue weighted by molar-refractivity contribution is 0.0706. The molecule has 1 aromatic heterocycles. The van der Waals surface area contributed by atoms with Crippen LogP contribution in [0.5, 0.6) is 0 Å². The highest BCUT2D eigenvalue weighted by molar-refractivity contribution is 5.94. The van der Waals surface area contributed by atoms with Crippen molar-refractivity contribution in [3.05, 3.63) is 77.6 Å². The lowest BCUT2D eigenvalue weighted by Gasteiger charge is -2.33. The van der Waals surface area contributed by atoms with Gasteiger partial charge in [-0.1, -0.05) is 30.3 Å². The minimum Gasteiger partial charge on any atom is -0.366 e. The van der Waals surface area contributed by atoms with Crippen molar-refractivity contribution in [1.29, 1.82) is 0 Å². The normalized spacial score (nSPS) is 15.9. The van der Waals surface area contributed by atoms with Gasteiger partial charge >= 0.3 is 0 Å². The van der Waals surface area contributed by atoms with Gasteiger partial charge in [0, 0.05) is 56.0 Å². The summed E-state index contributed by atoms with van der Waals surface area (Å²) in [4.78, 5) is 37.7. The average Bonchev–Trinajstić information content (AvgIpc) is 2.84. The van der Waals surface area contributed by atoms with Gasteiger partial charge in [0.1, 0.15) is 0 Å². The number of piperidine rings is 1. The van der Waals surface area contributed by atoms with Gasteiger partial charge in [-0.2, -0.15) is 0 Å². The first-order chi connectivity index (χ1) is 15.4. The summed E-state index contributed by atoms with van der Waals surface area (Å²) in [5.41, 5.74) is 9.29. The van der Waals surface area contributed by atoms with Gasteiger partial charge in [0.05, 0.1) is 5.69 Å². The van der Waals surface area contributed by atoms with Crippen molar-refractivity contribution < 1.29 is 9.59 Å². The second kappa shape index (κ2) is 9.18. The van der Waals surface area contributed by atoms with E-state index < -0.39 is 5.91 Å². The zero-order chi connectivity index (χ0) is 22.7. The third kappa shape index (κ3) is 4.46. The van der Waals surface area contributed by atoms with Gasteiger partial charge in [0.25, 0.3) is 5.91 Å². The zero-order valence-corrected chi connectivity index (χ0v) is 18.4. The lowest BCUT2D eigenvalue weighted by Crippen LogP contribution is -2.39. The second-order valence-electron chi connectivity index (χ2n) is 8.26. The quantitative estimate of drug-likeness (QED) is 0.672. The Bertz CT molecular complexity index is 1110. The van der Waals surface area contributed by atoms with E-state index in [0.717, 1.165) is 36.2 Å². The van der Waals surface area contributed by atoms with Gasteiger partial charge in [0.15, 0.2) is 0 Å². The molecule has 0 bridgehead atoms. The second-order valence-corrected chi connectivity index (χ2v) is 8.26. The number of nitrogens with zero attached hydrogens (tertiary/aromatic N) is 4. The third-order valence-electron chi connectivity index (χ3n) is 5.80. The third-order valence-corrected chi connectivity index (χ3v) is 5.80. The van der Waals surface area contributed by atoms with Crippen LogP contribution in [0.2, 0.25) is 0 Å². The number of carbonyl (C=O) groups excluding carboxylic acids is 2. The van der Waals surface area contributed by atoms with E-state index in [1.54, 1.807) is 12.1 Å². The maximum atomic E-state index is 13.0. The molecule has 0 saturated carbocycles. The largest absolute Gasteiger partial charge is 0.366 e. The molecule has 7 nitrogen and oxygen atoms in total. The Morgan fingerprint density at radius 3 is 2.41 bits per heavy atom. The summed E-state index contributed by atoms with van der Waals surface area (Å²) < 4.78 is 0. The molecule has 2 amide bonds. The molecule has 0 radical (unpaired) electrons. The van der Waals surface area contributed by atoms with E-state index in [2.05, 4.69) is 4.98 Å². The predicted molar refractivity (Wildman–Crippen MR) is 125 cm³/mol. The molecule has 1 saturated heterocycles. The molecular formula is C25H27N5O2. The van der Waals surface area contributed by atoms with Crippen molar-refractivity contribution in [3.63, 3.8) is 0 Å². The van der Waals surface area contributed by atoms with Crippen LogP contribution in [0, 0.1) is 0 Å². The molecule has 164 valence electrons. The number of hydrogen-bond donors (Lipinski definition) is 1. The highest BCUT2D eigenvalue weighted by atomic mass is 16.2. The van der Waals surface area contributed by atoms with Crippen molar-refractivity contribution >= 4 is 17.8 Å². The van der Waals surface area contributed by atoms with Gasteiger partial charge in [-0.25, -0.2) is 9.97 Å². The molecule has 4 rings (SSSR count). The minimum absolute atomic E-state index is 0.0459. The number of nitrogens with two attached hydrogens (primary N) is 1. The molecular weight excluding hydrogens is 402 g/mol. The summed E-state index contributed by atoms with van der Waals surface area (Å²) in [6.07, 6.45) is 3.67. The first kappa shape index (κ1) is 21.5. The van der Waals surface area contributed by atoms with Crippen LogP contribution in [0.4, 0.5) is 5.95 Å². The number of anilines is 1. The number of likely N-dealkylation sites (tertiary alicyclic amines) is 1. The van der Waals surface area contributed by atoms with Gasteiger partial charge in [-0.15, -0.1) is 0 Å². The Kier molecular flexibility index (Phi) is 6.16. The average molecular weight is 430 g/mol. The summed E-state index contributed by atoms with van der Waals surface area (Å²) in [7, 11) is 3.82. The van der Waals surface area contributed by atoms with Crippen LogP contribution in [-0.4, -0.2) is 53.9 Å². The van der Waals surface area contributed by atoms with Gasteiger partial charge < -0.3 is 15.5 Å². The Morgan fingerprint density at radius 1 is 1.03 bits per heavy atom. The number of amides is 2. The van der Waals surface area contributed by atoms with E-state index in [0.29, 0.717) is 23.6 Å². The van der Waals surface area contributed by atoms with Gasteiger partial charge in [0.2, 0.25) is 11.9 Å². The fourth-order valence-electron chi connectivity index (χ4n) is 4.10. The number of carbonyl (C=O) groups is 2.